The summed E-state index contributed by atoms with van der Waals surface area (Å²) in [4.78, 5) is 0. The van der Waals surface area contributed by atoms with Gasteiger partial charge >= 0.3 is 0 Å². The summed E-state index contributed by atoms with van der Waals surface area (Å²) in [5.41, 5.74) is 2.01. The van der Waals surface area contributed by atoms with E-state index in [9.17, 15) is 0 Å². The number of nitrogens with zero attached hydrogens (tertiary/aromatic N) is 1. The third kappa shape index (κ3) is 2.73. The van der Waals surface area contributed by atoms with Crippen molar-refractivity contribution in [3.63, 3.8) is 0 Å². The van der Waals surface area contributed by atoms with E-state index in [2.05, 4.69) is 0 Å². The van der Waals surface area contributed by atoms with Gasteiger partial charge in [-0.15, -0.1) is 0 Å². The van der Waals surface area contributed by atoms with E-state index in [1.165, 1.54) is 0 Å². The van der Waals surface area contributed by atoms with E-state index < -0.39 is 0 Å². The Morgan fingerprint density at radius 2 is 2.29 bits per heavy atom. The number of benzene rings is 1. The van der Waals surface area contributed by atoms with Gasteiger partial charge in [-0.2, -0.15) is 5.26 Å². The number of hydrogen-bond donors (Lipinski definition) is 1. The molecule has 0 heterocycles. The van der Waals surface area contributed by atoms with Crippen molar-refractivity contribution in [1.82, 2.24) is 0 Å². The summed E-state index contributed by atoms with van der Waals surface area (Å²) in [6, 6.07) is 7.75. The highest BCUT2D eigenvalue weighted by molar-refractivity contribution is 6.31. The van der Waals surface area contributed by atoms with Gasteiger partial charge in [0.15, 0.2) is 0 Å². The summed E-state index contributed by atoms with van der Waals surface area (Å²) >= 11 is 6.00. The van der Waals surface area contributed by atoms with Crippen LogP contribution in [0.15, 0.2) is 18.2 Å². The Morgan fingerprint density at radius 3 is 2.79 bits per heavy atom. The van der Waals surface area contributed by atoms with Crippen molar-refractivity contribution in [2.75, 3.05) is 6.61 Å². The van der Waals surface area contributed by atoms with E-state index in [4.69, 9.17) is 22.0 Å². The molecular formula is C11H12ClNO. The number of rotatable bonds is 3. The summed E-state index contributed by atoms with van der Waals surface area (Å²) in [6.45, 7) is 1.84. The second-order valence-corrected chi connectivity index (χ2v) is 3.71. The molecule has 2 nitrogen and oxygen atoms in total. The summed E-state index contributed by atoms with van der Waals surface area (Å²) < 4.78 is 0. The molecule has 0 bridgehead atoms. The maximum atomic E-state index is 8.87. The van der Waals surface area contributed by atoms with Crippen LogP contribution in [0.2, 0.25) is 5.02 Å². The molecule has 1 atom stereocenters. The molecule has 14 heavy (non-hydrogen) atoms. The van der Waals surface area contributed by atoms with Crippen LogP contribution >= 0.6 is 11.6 Å². The van der Waals surface area contributed by atoms with Crippen LogP contribution in [-0.4, -0.2) is 11.7 Å². The van der Waals surface area contributed by atoms with E-state index >= 15 is 0 Å². The highest BCUT2D eigenvalue weighted by atomic mass is 35.5. The number of halogens is 1. The molecule has 0 amide bonds. The lowest BCUT2D eigenvalue weighted by Crippen LogP contribution is -2.07. The smallest absolute Gasteiger partial charge is 0.0735 e. The molecular weight excluding hydrogens is 198 g/mol. The van der Waals surface area contributed by atoms with Crippen LogP contribution in [0.25, 0.3) is 0 Å². The Bertz CT molecular complexity index is 357. The number of aliphatic hydroxyl groups excluding tert-OH is 1. The zero-order valence-corrected chi connectivity index (χ0v) is 8.75. The summed E-state index contributed by atoms with van der Waals surface area (Å²) in [6.07, 6.45) is 0.506. The minimum atomic E-state index is -0.366. The van der Waals surface area contributed by atoms with Gasteiger partial charge in [0.05, 0.1) is 18.6 Å². The van der Waals surface area contributed by atoms with E-state index in [-0.39, 0.29) is 12.5 Å². The van der Waals surface area contributed by atoms with E-state index in [1.807, 2.05) is 31.2 Å². The molecule has 1 N–H and O–H groups in total. The first kappa shape index (κ1) is 11.0. The number of nitriles is 1. The van der Waals surface area contributed by atoms with Crippen LogP contribution in [0.3, 0.4) is 0 Å². The van der Waals surface area contributed by atoms with Gasteiger partial charge in [-0.05, 0) is 30.5 Å². The average Bonchev–Trinajstić information content (AvgIpc) is 2.17. The van der Waals surface area contributed by atoms with Crippen molar-refractivity contribution < 1.29 is 5.11 Å². The summed E-state index contributed by atoms with van der Waals surface area (Å²) in [5.74, 6) is -0.366. The molecule has 0 saturated carbocycles. The van der Waals surface area contributed by atoms with Crippen LogP contribution in [0.1, 0.15) is 11.1 Å². The third-order valence-corrected chi connectivity index (χ3v) is 2.43. The largest absolute Gasteiger partial charge is 0.395 e. The molecule has 0 radical (unpaired) electrons. The molecule has 1 aromatic rings. The van der Waals surface area contributed by atoms with Crippen LogP contribution in [-0.2, 0) is 6.42 Å². The second kappa shape index (κ2) is 4.99. The molecule has 0 spiro atoms. The normalized spacial score (nSPS) is 12.1. The van der Waals surface area contributed by atoms with Crippen LogP contribution in [0, 0.1) is 24.2 Å². The van der Waals surface area contributed by atoms with Crippen molar-refractivity contribution >= 4 is 11.6 Å². The molecule has 0 aliphatic rings. The minimum Gasteiger partial charge on any atom is -0.395 e. The van der Waals surface area contributed by atoms with E-state index in [0.29, 0.717) is 11.4 Å². The Balaban J connectivity index is 2.82. The lowest BCUT2D eigenvalue weighted by molar-refractivity contribution is 0.255. The van der Waals surface area contributed by atoms with Crippen molar-refractivity contribution in [3.05, 3.63) is 34.3 Å². The fourth-order valence-corrected chi connectivity index (χ4v) is 1.55. The van der Waals surface area contributed by atoms with E-state index in [1.54, 1.807) is 0 Å². The van der Waals surface area contributed by atoms with Crippen molar-refractivity contribution in [2.24, 2.45) is 5.92 Å². The molecule has 1 rings (SSSR count). The molecule has 74 valence electrons. The Labute approximate surface area is 88.7 Å². The zero-order valence-electron chi connectivity index (χ0n) is 8.00. The topological polar surface area (TPSA) is 44.0 Å². The first-order chi connectivity index (χ1) is 6.67. The lowest BCUT2D eigenvalue weighted by atomic mass is 10.0. The zero-order chi connectivity index (χ0) is 10.6. The van der Waals surface area contributed by atoms with Crippen molar-refractivity contribution in [3.8, 4) is 6.07 Å². The molecule has 0 fully saturated rings. The van der Waals surface area contributed by atoms with Crippen LogP contribution in [0.4, 0.5) is 0 Å². The van der Waals surface area contributed by atoms with Crippen LogP contribution in [0.5, 0.6) is 0 Å². The van der Waals surface area contributed by atoms with Gasteiger partial charge in [0.2, 0.25) is 0 Å². The Kier molecular flexibility index (Phi) is 3.94. The fourth-order valence-electron chi connectivity index (χ4n) is 1.23. The minimum absolute atomic E-state index is 0.124. The molecule has 0 aromatic heterocycles. The molecule has 1 unspecified atom stereocenters. The van der Waals surface area contributed by atoms with Gasteiger partial charge in [0.25, 0.3) is 0 Å². The van der Waals surface area contributed by atoms with Crippen molar-refractivity contribution in [1.29, 1.82) is 5.26 Å². The standard InChI is InChI=1S/C11H12ClNO/c1-8-2-3-10(11(12)4-8)5-9(6-13)7-14/h2-4,9,14H,5,7H2,1H3. The predicted molar refractivity (Wildman–Crippen MR) is 56.1 cm³/mol. The lowest BCUT2D eigenvalue weighted by Gasteiger charge is -2.07. The Hall–Kier alpha value is -1.04. The molecule has 1 aromatic carbocycles. The maximum absolute atomic E-state index is 8.87. The van der Waals surface area contributed by atoms with Crippen LogP contribution < -0.4 is 0 Å². The van der Waals surface area contributed by atoms with Gasteiger partial charge < -0.3 is 5.11 Å². The SMILES string of the molecule is Cc1ccc(CC(C#N)CO)c(Cl)c1. The molecule has 3 heteroatoms. The molecule has 0 aliphatic heterocycles. The average molecular weight is 210 g/mol. The van der Waals surface area contributed by atoms with Gasteiger partial charge in [0, 0.05) is 5.02 Å². The third-order valence-electron chi connectivity index (χ3n) is 2.08. The molecule has 0 aliphatic carbocycles. The number of aliphatic hydroxyl groups is 1. The Morgan fingerprint density at radius 1 is 1.57 bits per heavy atom. The first-order valence-corrected chi connectivity index (χ1v) is 4.80. The molecule has 0 saturated heterocycles. The summed E-state index contributed by atoms with van der Waals surface area (Å²) in [7, 11) is 0. The van der Waals surface area contributed by atoms with Gasteiger partial charge in [-0.1, -0.05) is 23.7 Å². The summed E-state index contributed by atoms with van der Waals surface area (Å²) in [5, 5.41) is 18.2. The predicted octanol–water partition coefficient (Wildman–Crippen LogP) is 2.32. The highest BCUT2D eigenvalue weighted by Crippen LogP contribution is 2.20. The highest BCUT2D eigenvalue weighted by Gasteiger charge is 2.09. The number of hydrogen-bond acceptors (Lipinski definition) is 2. The first-order valence-electron chi connectivity index (χ1n) is 4.43. The van der Waals surface area contributed by atoms with Gasteiger partial charge in [-0.25, -0.2) is 0 Å². The number of aryl methyl sites for hydroxylation is 1. The quantitative estimate of drug-likeness (QED) is 0.831. The van der Waals surface area contributed by atoms with Gasteiger partial charge in [0.1, 0.15) is 0 Å². The monoisotopic (exact) mass is 209 g/mol. The maximum Gasteiger partial charge on any atom is 0.0735 e. The van der Waals surface area contributed by atoms with Gasteiger partial charge in [-0.3, -0.25) is 0 Å². The second-order valence-electron chi connectivity index (χ2n) is 3.31. The van der Waals surface area contributed by atoms with E-state index in [0.717, 1.165) is 11.1 Å². The van der Waals surface area contributed by atoms with Crippen molar-refractivity contribution in [2.45, 2.75) is 13.3 Å². The fraction of sp³-hybridized carbons (Fsp3) is 0.364.